The van der Waals surface area contributed by atoms with Crippen molar-refractivity contribution in [2.24, 2.45) is 10.9 Å². The average molecular weight is 372 g/mol. The Morgan fingerprint density at radius 1 is 1.30 bits per heavy atom. The maximum Gasteiger partial charge on any atom is 0.193 e. The summed E-state index contributed by atoms with van der Waals surface area (Å²) in [6, 6.07) is 4.90. The molecule has 0 amide bonds. The van der Waals surface area contributed by atoms with Gasteiger partial charge in [-0.2, -0.15) is 0 Å². The van der Waals surface area contributed by atoms with Crippen molar-refractivity contribution in [2.75, 3.05) is 46.3 Å². The Hall–Kier alpha value is -2.08. The number of aromatic amines is 1. The topological polar surface area (TPSA) is 46.7 Å². The largest absolute Gasteiger partial charge is 0.361 e. The molecule has 1 aromatic heterocycles. The van der Waals surface area contributed by atoms with Crippen LogP contribution in [-0.2, 0) is 6.42 Å². The summed E-state index contributed by atoms with van der Waals surface area (Å²) in [6.45, 7) is 6.74. The second-order valence-corrected chi connectivity index (χ2v) is 7.84. The molecule has 1 unspecified atom stereocenters. The van der Waals surface area contributed by atoms with Crippen molar-refractivity contribution in [1.29, 1.82) is 0 Å². The lowest BCUT2D eigenvalue weighted by Gasteiger charge is -2.23. The minimum atomic E-state index is -0.187. The molecular weight excluding hydrogens is 341 g/mol. The fourth-order valence-corrected chi connectivity index (χ4v) is 4.50. The van der Waals surface area contributed by atoms with Crippen LogP contribution in [0.1, 0.15) is 24.8 Å². The molecule has 2 aliphatic heterocycles. The Morgan fingerprint density at radius 3 is 2.96 bits per heavy atom. The molecule has 0 saturated carbocycles. The van der Waals surface area contributed by atoms with E-state index in [-0.39, 0.29) is 5.82 Å². The van der Waals surface area contributed by atoms with Crippen molar-refractivity contribution >= 4 is 16.9 Å². The molecule has 4 rings (SSSR count). The Morgan fingerprint density at radius 2 is 2.15 bits per heavy atom. The lowest BCUT2D eigenvalue weighted by molar-refractivity contribution is 0.281. The molecular formula is C21H30FN5. The highest BCUT2D eigenvalue weighted by molar-refractivity contribution is 5.83. The minimum absolute atomic E-state index is 0.187. The monoisotopic (exact) mass is 371 g/mol. The van der Waals surface area contributed by atoms with Crippen molar-refractivity contribution in [1.82, 2.24) is 20.1 Å². The smallest absolute Gasteiger partial charge is 0.193 e. The molecule has 2 saturated heterocycles. The summed E-state index contributed by atoms with van der Waals surface area (Å²) in [7, 11) is 1.86. The zero-order valence-corrected chi connectivity index (χ0v) is 16.2. The fraction of sp³-hybridized carbons (Fsp3) is 0.571. The first-order valence-corrected chi connectivity index (χ1v) is 10.2. The number of nitrogens with zero attached hydrogens (tertiary/aromatic N) is 3. The summed E-state index contributed by atoms with van der Waals surface area (Å²) in [5.74, 6) is 1.55. The number of H-pyrrole nitrogens is 1. The first-order chi connectivity index (χ1) is 13.2. The van der Waals surface area contributed by atoms with Crippen LogP contribution in [0.25, 0.3) is 10.9 Å². The maximum absolute atomic E-state index is 13.5. The third kappa shape index (κ3) is 4.26. The molecule has 1 aromatic carbocycles. The number of benzene rings is 1. The molecule has 2 aliphatic rings. The van der Waals surface area contributed by atoms with Gasteiger partial charge in [0.15, 0.2) is 5.96 Å². The average Bonchev–Trinajstić information content (AvgIpc) is 3.41. The van der Waals surface area contributed by atoms with Crippen LogP contribution in [0.5, 0.6) is 0 Å². The normalized spacial score (nSPS) is 21.5. The van der Waals surface area contributed by atoms with E-state index in [1.807, 2.05) is 13.2 Å². The van der Waals surface area contributed by atoms with Crippen molar-refractivity contribution in [3.63, 3.8) is 0 Å². The Bertz CT molecular complexity index is 793. The van der Waals surface area contributed by atoms with Crippen LogP contribution in [-0.4, -0.2) is 67.1 Å². The highest BCUT2D eigenvalue weighted by Crippen LogP contribution is 2.21. The lowest BCUT2D eigenvalue weighted by Crippen LogP contribution is -2.41. The summed E-state index contributed by atoms with van der Waals surface area (Å²) >= 11 is 0. The van der Waals surface area contributed by atoms with Crippen molar-refractivity contribution < 1.29 is 4.39 Å². The third-order valence-corrected chi connectivity index (χ3v) is 5.92. The van der Waals surface area contributed by atoms with Gasteiger partial charge in [0, 0.05) is 50.3 Å². The maximum atomic E-state index is 13.5. The number of aliphatic imine (C=N–C) groups is 1. The van der Waals surface area contributed by atoms with Gasteiger partial charge >= 0.3 is 0 Å². The molecule has 0 aliphatic carbocycles. The number of fused-ring (bicyclic) bond motifs is 1. The highest BCUT2D eigenvalue weighted by Gasteiger charge is 2.27. The Labute approximate surface area is 160 Å². The second-order valence-electron chi connectivity index (χ2n) is 7.84. The number of guanidine groups is 1. The number of likely N-dealkylation sites (tertiary alicyclic amines) is 2. The van der Waals surface area contributed by atoms with Crippen molar-refractivity contribution in [3.8, 4) is 0 Å². The van der Waals surface area contributed by atoms with Crippen LogP contribution >= 0.6 is 0 Å². The van der Waals surface area contributed by atoms with E-state index in [0.29, 0.717) is 0 Å². The van der Waals surface area contributed by atoms with Crippen LogP contribution in [0, 0.1) is 11.7 Å². The van der Waals surface area contributed by atoms with Gasteiger partial charge in [0.05, 0.1) is 0 Å². The van der Waals surface area contributed by atoms with E-state index < -0.39 is 0 Å². The van der Waals surface area contributed by atoms with Gasteiger partial charge in [0.2, 0.25) is 0 Å². The van der Waals surface area contributed by atoms with Crippen LogP contribution in [0.4, 0.5) is 4.39 Å². The van der Waals surface area contributed by atoms with Gasteiger partial charge in [-0.05, 0) is 68.5 Å². The van der Waals surface area contributed by atoms with Gasteiger partial charge in [-0.3, -0.25) is 4.99 Å². The summed E-state index contributed by atoms with van der Waals surface area (Å²) in [5.41, 5.74) is 2.13. The van der Waals surface area contributed by atoms with Gasteiger partial charge < -0.3 is 20.1 Å². The lowest BCUT2D eigenvalue weighted by atomic mass is 10.1. The fourth-order valence-electron chi connectivity index (χ4n) is 4.50. The summed E-state index contributed by atoms with van der Waals surface area (Å²) in [5, 5.41) is 4.47. The number of hydrogen-bond donors (Lipinski definition) is 2. The van der Waals surface area contributed by atoms with Crippen molar-refractivity contribution in [2.45, 2.75) is 25.7 Å². The van der Waals surface area contributed by atoms with Gasteiger partial charge in [0.25, 0.3) is 0 Å². The van der Waals surface area contributed by atoms with E-state index in [4.69, 9.17) is 0 Å². The van der Waals surface area contributed by atoms with Gasteiger partial charge in [-0.15, -0.1) is 0 Å². The quantitative estimate of drug-likeness (QED) is 0.628. The van der Waals surface area contributed by atoms with Gasteiger partial charge in [-0.1, -0.05) is 0 Å². The molecule has 2 N–H and O–H groups in total. The van der Waals surface area contributed by atoms with E-state index in [1.165, 1.54) is 45.0 Å². The summed E-state index contributed by atoms with van der Waals surface area (Å²) in [4.78, 5) is 12.7. The first kappa shape index (κ1) is 18.3. The highest BCUT2D eigenvalue weighted by atomic mass is 19.1. The molecule has 0 spiro atoms. The molecule has 0 radical (unpaired) electrons. The number of halogens is 1. The molecule has 3 heterocycles. The molecule has 146 valence electrons. The first-order valence-electron chi connectivity index (χ1n) is 10.2. The predicted octanol–water partition coefficient (Wildman–Crippen LogP) is 2.84. The molecule has 2 fully saturated rings. The zero-order chi connectivity index (χ0) is 18.6. The molecule has 0 bridgehead atoms. The number of hydrogen-bond acceptors (Lipinski definition) is 2. The zero-order valence-electron chi connectivity index (χ0n) is 16.2. The van der Waals surface area contributed by atoms with E-state index >= 15 is 0 Å². The minimum Gasteiger partial charge on any atom is -0.361 e. The third-order valence-electron chi connectivity index (χ3n) is 5.92. The van der Waals surface area contributed by atoms with Gasteiger partial charge in [-0.25, -0.2) is 4.39 Å². The summed E-state index contributed by atoms with van der Waals surface area (Å²) < 4.78 is 13.5. The molecule has 2 aromatic rings. The van der Waals surface area contributed by atoms with Crippen molar-refractivity contribution in [3.05, 3.63) is 35.8 Å². The Balaban J connectivity index is 1.28. The molecule has 27 heavy (non-hydrogen) atoms. The van der Waals surface area contributed by atoms with E-state index in [2.05, 4.69) is 25.1 Å². The van der Waals surface area contributed by atoms with Crippen LogP contribution in [0.3, 0.4) is 0 Å². The number of rotatable bonds is 5. The van der Waals surface area contributed by atoms with Crippen LogP contribution in [0.2, 0.25) is 0 Å². The van der Waals surface area contributed by atoms with Crippen LogP contribution < -0.4 is 5.32 Å². The Kier molecular flexibility index (Phi) is 5.62. The molecule has 1 atom stereocenters. The van der Waals surface area contributed by atoms with E-state index in [1.54, 1.807) is 12.1 Å². The SMILES string of the molecule is CN=C(NCCc1c[nH]c2ccc(F)cc12)N1CCC(CN2CCCC2)C1. The van der Waals surface area contributed by atoms with E-state index in [0.717, 1.165) is 54.4 Å². The molecule has 6 heteroatoms. The predicted molar refractivity (Wildman–Crippen MR) is 109 cm³/mol. The van der Waals surface area contributed by atoms with Crippen LogP contribution in [0.15, 0.2) is 29.4 Å². The standard InChI is InChI=1S/C21H30FN5/c1-23-21(27-11-7-16(15-27)14-26-9-2-3-10-26)24-8-6-17-13-25-20-5-4-18(22)12-19(17)20/h4-5,12-13,16,25H,2-3,6-11,14-15H2,1H3,(H,23,24). The molecule has 5 nitrogen and oxygen atoms in total. The van der Waals surface area contributed by atoms with E-state index in [9.17, 15) is 4.39 Å². The number of nitrogens with one attached hydrogen (secondary N) is 2. The number of aromatic nitrogens is 1. The van der Waals surface area contributed by atoms with Gasteiger partial charge in [0.1, 0.15) is 5.82 Å². The summed E-state index contributed by atoms with van der Waals surface area (Å²) in [6.07, 6.45) is 6.79. The second kappa shape index (κ2) is 8.30.